The second-order valence-corrected chi connectivity index (χ2v) is 6.56. The topological polar surface area (TPSA) is 39.1 Å². The Hall–Kier alpha value is -0.520. The van der Waals surface area contributed by atoms with E-state index in [1.54, 1.807) is 17.7 Å². The Kier molecular flexibility index (Phi) is 2.56. The monoisotopic (exact) mass is 307 g/mol. The normalized spacial score (nSPS) is 12.2. The van der Waals surface area contributed by atoms with E-state index in [4.69, 9.17) is 10.7 Å². The van der Waals surface area contributed by atoms with Gasteiger partial charge in [-0.05, 0) is 12.1 Å². The van der Waals surface area contributed by atoms with E-state index in [0.717, 1.165) is 9.99 Å². The number of nitrogens with zero attached hydrogens (tertiary/aromatic N) is 1. The summed E-state index contributed by atoms with van der Waals surface area (Å²) in [6, 6.07) is 5.47. The van der Waals surface area contributed by atoms with Crippen molar-refractivity contribution in [2.24, 2.45) is 7.05 Å². The van der Waals surface area contributed by atoms with Crippen LogP contribution >= 0.6 is 26.6 Å². The van der Waals surface area contributed by atoms with Gasteiger partial charge in [0, 0.05) is 33.8 Å². The number of benzene rings is 1. The van der Waals surface area contributed by atoms with E-state index in [-0.39, 0.29) is 4.90 Å². The van der Waals surface area contributed by atoms with E-state index in [0.29, 0.717) is 5.39 Å². The van der Waals surface area contributed by atoms with E-state index < -0.39 is 9.05 Å². The fourth-order valence-corrected chi connectivity index (χ4v) is 3.34. The number of rotatable bonds is 1. The molecule has 6 heteroatoms. The molecule has 80 valence electrons. The summed E-state index contributed by atoms with van der Waals surface area (Å²) in [7, 11) is 3.43. The molecule has 0 amide bonds. The molecular weight excluding hydrogens is 302 g/mol. The van der Waals surface area contributed by atoms with Crippen molar-refractivity contribution in [3.63, 3.8) is 0 Å². The number of hydrogen-bond acceptors (Lipinski definition) is 2. The Balaban J connectivity index is 3.01. The van der Waals surface area contributed by atoms with Crippen molar-refractivity contribution in [2.75, 3.05) is 0 Å². The maximum absolute atomic E-state index is 11.3. The van der Waals surface area contributed by atoms with Gasteiger partial charge in [0.1, 0.15) is 4.90 Å². The minimum absolute atomic E-state index is 0.133. The maximum atomic E-state index is 11.3. The third-order valence-corrected chi connectivity index (χ3v) is 4.19. The lowest BCUT2D eigenvalue weighted by atomic mass is 10.2. The lowest BCUT2D eigenvalue weighted by Crippen LogP contribution is -1.88. The van der Waals surface area contributed by atoms with Crippen molar-refractivity contribution >= 4 is 46.6 Å². The number of aromatic nitrogens is 1. The Labute approximate surface area is 100 Å². The Morgan fingerprint density at radius 2 is 2.07 bits per heavy atom. The van der Waals surface area contributed by atoms with Crippen LogP contribution in [0.3, 0.4) is 0 Å². The summed E-state index contributed by atoms with van der Waals surface area (Å²) in [5.74, 6) is 0. The zero-order chi connectivity index (χ0) is 11.2. The third kappa shape index (κ3) is 1.79. The number of halogens is 2. The van der Waals surface area contributed by atoms with Gasteiger partial charge in [0.25, 0.3) is 9.05 Å². The number of fused-ring (bicyclic) bond motifs is 1. The molecule has 1 aromatic heterocycles. The quantitative estimate of drug-likeness (QED) is 0.760. The van der Waals surface area contributed by atoms with Gasteiger partial charge in [-0.1, -0.05) is 22.0 Å². The van der Waals surface area contributed by atoms with E-state index in [1.165, 1.54) is 6.20 Å². The molecule has 0 atom stereocenters. The van der Waals surface area contributed by atoms with Crippen molar-refractivity contribution in [2.45, 2.75) is 4.90 Å². The molecule has 0 bridgehead atoms. The standard InChI is InChI=1S/C9H7BrClNO2S/c1-12-5-8(15(11,13)14)9-6(10)3-2-4-7(9)12/h2-5H,1H3. The summed E-state index contributed by atoms with van der Waals surface area (Å²) in [5.41, 5.74) is 0.823. The van der Waals surface area contributed by atoms with Crippen LogP contribution in [-0.2, 0) is 16.1 Å². The van der Waals surface area contributed by atoms with Crippen LogP contribution in [0, 0.1) is 0 Å². The molecular formula is C9H7BrClNO2S. The van der Waals surface area contributed by atoms with E-state index in [2.05, 4.69) is 15.9 Å². The summed E-state index contributed by atoms with van der Waals surface area (Å²) < 4.78 is 25.1. The molecule has 1 heterocycles. The molecule has 2 aromatic rings. The summed E-state index contributed by atoms with van der Waals surface area (Å²) >= 11 is 3.32. The zero-order valence-corrected chi connectivity index (χ0v) is 10.9. The first-order valence-electron chi connectivity index (χ1n) is 4.09. The van der Waals surface area contributed by atoms with Gasteiger partial charge in [-0.15, -0.1) is 0 Å². The molecule has 0 fully saturated rings. The van der Waals surface area contributed by atoms with Crippen LogP contribution in [0.15, 0.2) is 33.8 Å². The van der Waals surface area contributed by atoms with Crippen molar-refractivity contribution in [1.82, 2.24) is 4.57 Å². The van der Waals surface area contributed by atoms with Gasteiger partial charge < -0.3 is 4.57 Å². The predicted molar refractivity (Wildman–Crippen MR) is 63.7 cm³/mol. The van der Waals surface area contributed by atoms with Gasteiger partial charge >= 0.3 is 0 Å². The molecule has 0 saturated carbocycles. The van der Waals surface area contributed by atoms with Crippen LogP contribution in [0.25, 0.3) is 10.9 Å². The van der Waals surface area contributed by atoms with Crippen molar-refractivity contribution < 1.29 is 8.42 Å². The SMILES string of the molecule is Cn1cc(S(=O)(=O)Cl)c2c(Br)cccc21. The molecule has 3 nitrogen and oxygen atoms in total. The number of aryl methyl sites for hydroxylation is 1. The van der Waals surface area contributed by atoms with Crippen LogP contribution in [0.5, 0.6) is 0 Å². The Bertz CT molecular complexity index is 633. The second-order valence-electron chi connectivity index (χ2n) is 3.18. The summed E-state index contributed by atoms with van der Waals surface area (Å²) in [4.78, 5) is 0.133. The minimum Gasteiger partial charge on any atom is -0.349 e. The minimum atomic E-state index is -3.71. The molecule has 0 saturated heterocycles. The lowest BCUT2D eigenvalue weighted by molar-refractivity contribution is 0.610. The van der Waals surface area contributed by atoms with Crippen LogP contribution in [0.4, 0.5) is 0 Å². The number of hydrogen-bond donors (Lipinski definition) is 0. The highest BCUT2D eigenvalue weighted by atomic mass is 79.9. The molecule has 0 N–H and O–H groups in total. The average molecular weight is 309 g/mol. The van der Waals surface area contributed by atoms with Crippen molar-refractivity contribution in [3.05, 3.63) is 28.9 Å². The summed E-state index contributed by atoms with van der Waals surface area (Å²) in [6.45, 7) is 0. The van der Waals surface area contributed by atoms with Gasteiger partial charge in [0.2, 0.25) is 0 Å². The van der Waals surface area contributed by atoms with E-state index >= 15 is 0 Å². The maximum Gasteiger partial charge on any atom is 0.263 e. The van der Waals surface area contributed by atoms with Gasteiger partial charge in [-0.3, -0.25) is 0 Å². The van der Waals surface area contributed by atoms with Crippen molar-refractivity contribution in [3.8, 4) is 0 Å². The molecule has 0 aliphatic rings. The molecule has 2 rings (SSSR count). The molecule has 0 radical (unpaired) electrons. The first-order valence-corrected chi connectivity index (χ1v) is 7.19. The highest BCUT2D eigenvalue weighted by molar-refractivity contribution is 9.10. The van der Waals surface area contributed by atoms with Crippen LogP contribution in [-0.4, -0.2) is 13.0 Å². The highest BCUT2D eigenvalue weighted by Crippen LogP contribution is 2.32. The molecule has 0 aliphatic heterocycles. The summed E-state index contributed by atoms with van der Waals surface area (Å²) in [5, 5.41) is 0.620. The van der Waals surface area contributed by atoms with Crippen LogP contribution < -0.4 is 0 Å². The predicted octanol–water partition coefficient (Wildman–Crippen LogP) is 2.87. The fourth-order valence-electron chi connectivity index (χ4n) is 1.55. The highest BCUT2D eigenvalue weighted by Gasteiger charge is 2.19. The Morgan fingerprint density at radius 3 is 2.67 bits per heavy atom. The fraction of sp³-hybridized carbons (Fsp3) is 0.111. The van der Waals surface area contributed by atoms with Crippen LogP contribution in [0.2, 0.25) is 0 Å². The first kappa shape index (κ1) is 11.0. The first-order chi connectivity index (χ1) is 6.91. The van der Waals surface area contributed by atoms with E-state index in [1.807, 2.05) is 12.1 Å². The van der Waals surface area contributed by atoms with Crippen LogP contribution in [0.1, 0.15) is 0 Å². The van der Waals surface area contributed by atoms with E-state index in [9.17, 15) is 8.42 Å². The Morgan fingerprint density at radius 1 is 1.40 bits per heavy atom. The zero-order valence-electron chi connectivity index (χ0n) is 7.74. The summed E-state index contributed by atoms with van der Waals surface area (Å²) in [6.07, 6.45) is 1.51. The van der Waals surface area contributed by atoms with Gasteiger partial charge in [0.05, 0.1) is 5.52 Å². The molecule has 15 heavy (non-hydrogen) atoms. The van der Waals surface area contributed by atoms with Crippen molar-refractivity contribution in [1.29, 1.82) is 0 Å². The van der Waals surface area contributed by atoms with Gasteiger partial charge in [0.15, 0.2) is 0 Å². The molecule has 0 aliphatic carbocycles. The average Bonchev–Trinajstić information content (AvgIpc) is 2.45. The molecule has 1 aromatic carbocycles. The molecule has 0 spiro atoms. The molecule has 0 unspecified atom stereocenters. The smallest absolute Gasteiger partial charge is 0.263 e. The largest absolute Gasteiger partial charge is 0.349 e. The second kappa shape index (κ2) is 3.50. The van der Waals surface area contributed by atoms with Gasteiger partial charge in [-0.25, -0.2) is 8.42 Å². The van der Waals surface area contributed by atoms with Gasteiger partial charge in [-0.2, -0.15) is 0 Å². The lowest BCUT2D eigenvalue weighted by Gasteiger charge is -1.97. The third-order valence-electron chi connectivity index (χ3n) is 2.19.